The summed E-state index contributed by atoms with van der Waals surface area (Å²) >= 11 is 3.52. The van der Waals surface area contributed by atoms with Gasteiger partial charge in [-0.25, -0.2) is 4.79 Å². The summed E-state index contributed by atoms with van der Waals surface area (Å²) in [5, 5.41) is 5.73. The summed E-state index contributed by atoms with van der Waals surface area (Å²) in [6.45, 7) is 1.91. The number of alkyl carbamates (subject to hydrolysis) is 1. The lowest BCUT2D eigenvalue weighted by atomic mass is 9.80. The highest BCUT2D eigenvalue weighted by molar-refractivity contribution is 8.00. The molecule has 2 aliphatic heterocycles. The number of fused-ring (bicyclic) bond motifs is 1. The van der Waals surface area contributed by atoms with Gasteiger partial charge in [-0.05, 0) is 37.9 Å². The lowest BCUT2D eigenvalue weighted by Gasteiger charge is -2.28. The summed E-state index contributed by atoms with van der Waals surface area (Å²) in [5.41, 5.74) is 0. The Balaban J connectivity index is 1.55. The molecule has 0 aromatic heterocycles. The van der Waals surface area contributed by atoms with Crippen molar-refractivity contribution in [2.45, 2.75) is 49.7 Å². The maximum atomic E-state index is 12.8. The van der Waals surface area contributed by atoms with E-state index < -0.39 is 6.09 Å². The molecule has 3 aliphatic rings. The van der Waals surface area contributed by atoms with Gasteiger partial charge >= 0.3 is 6.09 Å². The Morgan fingerprint density at radius 1 is 1.04 bits per heavy atom. The molecule has 2 saturated heterocycles. The van der Waals surface area contributed by atoms with Crippen LogP contribution in [0.25, 0.3) is 0 Å². The molecule has 140 valence electrons. The number of ether oxygens (including phenoxy) is 1. The van der Waals surface area contributed by atoms with Crippen LogP contribution in [0.5, 0.6) is 0 Å². The van der Waals surface area contributed by atoms with Gasteiger partial charge in [-0.15, -0.1) is 11.8 Å². The van der Waals surface area contributed by atoms with Crippen molar-refractivity contribution in [3.8, 4) is 0 Å². The molecule has 5 unspecified atom stereocenters. The smallest absolute Gasteiger partial charge is 0.413 e. The number of hydrogen-bond acceptors (Lipinski definition) is 6. The van der Waals surface area contributed by atoms with Gasteiger partial charge in [0.05, 0.1) is 23.8 Å². The Morgan fingerprint density at radius 2 is 1.84 bits per heavy atom. The van der Waals surface area contributed by atoms with Gasteiger partial charge in [0.25, 0.3) is 0 Å². The van der Waals surface area contributed by atoms with E-state index in [2.05, 4.69) is 10.6 Å². The molecule has 0 aromatic carbocycles. The van der Waals surface area contributed by atoms with Gasteiger partial charge in [-0.2, -0.15) is 11.8 Å². The average molecular weight is 387 g/mol. The van der Waals surface area contributed by atoms with Gasteiger partial charge in [0, 0.05) is 11.0 Å². The molecule has 0 bridgehead atoms. The molecule has 3 rings (SSSR count). The molecule has 3 fully saturated rings. The SMILES string of the molecule is CCOC(=O)NC(=O)C1CCSC1NC(=O)C1CSC2CCCCC21. The summed E-state index contributed by atoms with van der Waals surface area (Å²) in [5.74, 6) is 1.58. The molecule has 0 spiro atoms. The van der Waals surface area contributed by atoms with Crippen molar-refractivity contribution < 1.29 is 19.1 Å². The number of rotatable bonds is 4. The topological polar surface area (TPSA) is 84.5 Å². The van der Waals surface area contributed by atoms with Crippen LogP contribution in [0.4, 0.5) is 4.79 Å². The molecule has 5 atom stereocenters. The molecule has 8 heteroatoms. The fraction of sp³-hybridized carbons (Fsp3) is 0.824. The third-order valence-electron chi connectivity index (χ3n) is 5.31. The molecule has 0 radical (unpaired) electrons. The van der Waals surface area contributed by atoms with Crippen LogP contribution in [-0.2, 0) is 14.3 Å². The second kappa shape index (κ2) is 8.66. The Kier molecular flexibility index (Phi) is 6.55. The predicted molar refractivity (Wildman–Crippen MR) is 99.4 cm³/mol. The Labute approximate surface area is 157 Å². The minimum absolute atomic E-state index is 0.0604. The Bertz CT molecular complexity index is 531. The van der Waals surface area contributed by atoms with E-state index >= 15 is 0 Å². The highest BCUT2D eigenvalue weighted by Crippen LogP contribution is 2.45. The van der Waals surface area contributed by atoms with E-state index in [9.17, 15) is 14.4 Å². The van der Waals surface area contributed by atoms with Crippen molar-refractivity contribution in [1.82, 2.24) is 10.6 Å². The molecular weight excluding hydrogens is 360 g/mol. The normalized spacial score (nSPS) is 34.2. The van der Waals surface area contributed by atoms with Gasteiger partial charge < -0.3 is 10.1 Å². The van der Waals surface area contributed by atoms with E-state index in [0.29, 0.717) is 17.6 Å². The van der Waals surface area contributed by atoms with E-state index in [1.165, 1.54) is 19.3 Å². The van der Waals surface area contributed by atoms with Gasteiger partial charge in [-0.3, -0.25) is 14.9 Å². The maximum Gasteiger partial charge on any atom is 0.413 e. The third-order valence-corrected chi connectivity index (χ3v) is 8.15. The lowest BCUT2D eigenvalue weighted by Crippen LogP contribution is -2.47. The van der Waals surface area contributed by atoms with E-state index in [-0.39, 0.29) is 35.6 Å². The Hall–Kier alpha value is -0.890. The van der Waals surface area contributed by atoms with E-state index in [0.717, 1.165) is 17.9 Å². The van der Waals surface area contributed by atoms with Crippen molar-refractivity contribution in [1.29, 1.82) is 0 Å². The lowest BCUT2D eigenvalue weighted by molar-refractivity contribution is -0.127. The maximum absolute atomic E-state index is 12.8. The number of carbonyl (C=O) groups is 3. The minimum Gasteiger partial charge on any atom is -0.450 e. The second-order valence-corrected chi connectivity index (χ2v) is 9.35. The molecular formula is C17H26N2O4S2. The van der Waals surface area contributed by atoms with Crippen LogP contribution in [0.1, 0.15) is 39.0 Å². The van der Waals surface area contributed by atoms with E-state index in [4.69, 9.17) is 4.74 Å². The first kappa shape index (κ1) is 18.9. The number of amides is 3. The highest BCUT2D eigenvalue weighted by Gasteiger charge is 2.43. The largest absolute Gasteiger partial charge is 0.450 e. The highest BCUT2D eigenvalue weighted by atomic mass is 32.2. The van der Waals surface area contributed by atoms with Crippen LogP contribution < -0.4 is 10.6 Å². The minimum atomic E-state index is -0.716. The predicted octanol–water partition coefficient (Wildman–Crippen LogP) is 2.38. The number of nitrogens with one attached hydrogen (secondary N) is 2. The summed E-state index contributed by atoms with van der Waals surface area (Å²) < 4.78 is 4.76. The zero-order valence-electron chi connectivity index (χ0n) is 14.5. The summed E-state index contributed by atoms with van der Waals surface area (Å²) in [4.78, 5) is 36.5. The van der Waals surface area contributed by atoms with E-state index in [1.807, 2.05) is 11.8 Å². The number of carbonyl (C=O) groups excluding carboxylic acids is 3. The number of imide groups is 1. The zero-order chi connectivity index (χ0) is 17.8. The summed E-state index contributed by atoms with van der Waals surface area (Å²) in [6, 6.07) is 0. The van der Waals surface area contributed by atoms with Gasteiger partial charge in [0.1, 0.15) is 0 Å². The fourth-order valence-corrected chi connectivity index (χ4v) is 7.12. The first-order valence-corrected chi connectivity index (χ1v) is 11.2. The van der Waals surface area contributed by atoms with Crippen LogP contribution in [0.15, 0.2) is 0 Å². The zero-order valence-corrected chi connectivity index (χ0v) is 16.1. The van der Waals surface area contributed by atoms with Crippen molar-refractivity contribution in [2.75, 3.05) is 18.1 Å². The van der Waals surface area contributed by atoms with Crippen molar-refractivity contribution >= 4 is 41.4 Å². The molecule has 1 saturated carbocycles. The molecule has 25 heavy (non-hydrogen) atoms. The van der Waals surface area contributed by atoms with Gasteiger partial charge in [-0.1, -0.05) is 12.8 Å². The average Bonchev–Trinajstić information content (AvgIpc) is 3.21. The number of hydrogen-bond donors (Lipinski definition) is 2. The monoisotopic (exact) mass is 386 g/mol. The molecule has 2 N–H and O–H groups in total. The number of thioether (sulfide) groups is 2. The van der Waals surface area contributed by atoms with Crippen LogP contribution in [-0.4, -0.2) is 46.6 Å². The van der Waals surface area contributed by atoms with Gasteiger partial charge in [0.2, 0.25) is 11.8 Å². The molecule has 0 aromatic rings. The molecule has 6 nitrogen and oxygen atoms in total. The Morgan fingerprint density at radius 3 is 2.64 bits per heavy atom. The first-order chi connectivity index (χ1) is 12.1. The molecule has 3 amide bonds. The summed E-state index contributed by atoms with van der Waals surface area (Å²) in [6.07, 6.45) is 4.80. The van der Waals surface area contributed by atoms with Crippen LogP contribution in [0.2, 0.25) is 0 Å². The quantitative estimate of drug-likeness (QED) is 0.772. The van der Waals surface area contributed by atoms with Gasteiger partial charge in [0.15, 0.2) is 0 Å². The van der Waals surface area contributed by atoms with Crippen LogP contribution in [0.3, 0.4) is 0 Å². The fourth-order valence-electron chi connectivity index (χ4n) is 4.02. The van der Waals surface area contributed by atoms with Crippen molar-refractivity contribution in [2.24, 2.45) is 17.8 Å². The molecule has 2 heterocycles. The van der Waals surface area contributed by atoms with E-state index in [1.54, 1.807) is 18.7 Å². The van der Waals surface area contributed by atoms with Crippen LogP contribution >= 0.6 is 23.5 Å². The van der Waals surface area contributed by atoms with Crippen LogP contribution in [0, 0.1) is 17.8 Å². The third kappa shape index (κ3) is 4.45. The second-order valence-electron chi connectivity index (χ2n) is 6.83. The van der Waals surface area contributed by atoms with Crippen molar-refractivity contribution in [3.63, 3.8) is 0 Å². The first-order valence-electron chi connectivity index (χ1n) is 9.11. The molecule has 1 aliphatic carbocycles. The standard InChI is InChI=1S/C17H26N2O4S2/c1-2-23-17(22)19-14(20)11-7-8-24-16(11)18-15(21)12-9-25-13-6-4-3-5-10(12)13/h10-13,16H,2-9H2,1H3,(H,18,21)(H,19,20,22). The van der Waals surface area contributed by atoms with Crippen molar-refractivity contribution in [3.05, 3.63) is 0 Å². The summed E-state index contributed by atoms with van der Waals surface area (Å²) in [7, 11) is 0.